The van der Waals surface area contributed by atoms with Gasteiger partial charge in [-0.2, -0.15) is 0 Å². The summed E-state index contributed by atoms with van der Waals surface area (Å²) in [7, 11) is 0. The summed E-state index contributed by atoms with van der Waals surface area (Å²) >= 11 is 0. The van der Waals surface area contributed by atoms with Gasteiger partial charge in [0.2, 0.25) is 0 Å². The zero-order valence-corrected chi connectivity index (χ0v) is 13.2. The summed E-state index contributed by atoms with van der Waals surface area (Å²) in [6.45, 7) is 4.45. The molecule has 1 aromatic rings. The Labute approximate surface area is 132 Å². The molecular formula is C18H26N2O2. The smallest absolute Gasteiger partial charge is 0.251 e. The second kappa shape index (κ2) is 7.75. The largest absolute Gasteiger partial charge is 0.379 e. The normalized spacial score (nSPS) is 20.7. The molecule has 0 unspecified atom stereocenters. The van der Waals surface area contributed by atoms with E-state index in [-0.39, 0.29) is 5.91 Å². The van der Waals surface area contributed by atoms with Crippen LogP contribution in [-0.2, 0) is 11.3 Å². The van der Waals surface area contributed by atoms with E-state index >= 15 is 0 Å². The van der Waals surface area contributed by atoms with Crippen LogP contribution in [0.15, 0.2) is 24.3 Å². The lowest BCUT2D eigenvalue weighted by molar-refractivity contribution is 0.0342. The van der Waals surface area contributed by atoms with Crippen molar-refractivity contribution >= 4 is 5.91 Å². The van der Waals surface area contributed by atoms with Gasteiger partial charge in [-0.05, 0) is 30.5 Å². The third kappa shape index (κ3) is 4.31. The average Bonchev–Trinajstić information content (AvgIpc) is 2.57. The van der Waals surface area contributed by atoms with E-state index in [0.717, 1.165) is 51.3 Å². The Kier molecular flexibility index (Phi) is 5.46. The molecule has 4 nitrogen and oxygen atoms in total. The lowest BCUT2D eigenvalue weighted by Crippen LogP contribution is -2.36. The molecule has 0 atom stereocenters. The maximum absolute atomic E-state index is 12.4. The van der Waals surface area contributed by atoms with E-state index in [0.29, 0.717) is 6.04 Å². The van der Waals surface area contributed by atoms with Crippen LogP contribution in [0.1, 0.15) is 48.0 Å². The Morgan fingerprint density at radius 2 is 1.95 bits per heavy atom. The Morgan fingerprint density at radius 3 is 2.73 bits per heavy atom. The maximum Gasteiger partial charge on any atom is 0.251 e. The van der Waals surface area contributed by atoms with Gasteiger partial charge in [0.15, 0.2) is 0 Å². The number of nitrogens with zero attached hydrogens (tertiary/aromatic N) is 1. The number of morpholine rings is 1. The van der Waals surface area contributed by atoms with E-state index in [1.807, 2.05) is 18.2 Å². The van der Waals surface area contributed by atoms with Crippen LogP contribution < -0.4 is 5.32 Å². The van der Waals surface area contributed by atoms with Gasteiger partial charge in [0.1, 0.15) is 0 Å². The Morgan fingerprint density at radius 1 is 1.18 bits per heavy atom. The zero-order valence-electron chi connectivity index (χ0n) is 13.2. The van der Waals surface area contributed by atoms with Gasteiger partial charge in [0, 0.05) is 31.2 Å². The molecule has 1 N–H and O–H groups in total. The topological polar surface area (TPSA) is 41.6 Å². The van der Waals surface area contributed by atoms with Crippen LogP contribution in [0.2, 0.25) is 0 Å². The Hall–Kier alpha value is -1.39. The van der Waals surface area contributed by atoms with Gasteiger partial charge in [-0.25, -0.2) is 0 Å². The number of benzene rings is 1. The fraction of sp³-hybridized carbons (Fsp3) is 0.611. The average molecular weight is 302 g/mol. The molecule has 2 fully saturated rings. The maximum atomic E-state index is 12.4. The van der Waals surface area contributed by atoms with Gasteiger partial charge < -0.3 is 10.1 Å². The summed E-state index contributed by atoms with van der Waals surface area (Å²) in [5.41, 5.74) is 1.99. The molecule has 1 aromatic carbocycles. The molecule has 120 valence electrons. The molecule has 22 heavy (non-hydrogen) atoms. The van der Waals surface area contributed by atoms with Gasteiger partial charge in [-0.1, -0.05) is 31.4 Å². The predicted octanol–water partition coefficient (Wildman–Crippen LogP) is 2.58. The first-order valence-electron chi connectivity index (χ1n) is 8.51. The molecule has 2 aliphatic rings. The van der Waals surface area contributed by atoms with Crippen molar-refractivity contribution in [1.82, 2.24) is 10.2 Å². The number of carbonyl (C=O) groups is 1. The van der Waals surface area contributed by atoms with E-state index in [9.17, 15) is 4.79 Å². The Balaban J connectivity index is 1.58. The minimum Gasteiger partial charge on any atom is -0.379 e. The molecule has 0 radical (unpaired) electrons. The summed E-state index contributed by atoms with van der Waals surface area (Å²) in [5, 5.41) is 3.19. The minimum atomic E-state index is 0.0794. The van der Waals surface area contributed by atoms with Crippen molar-refractivity contribution in [1.29, 1.82) is 0 Å². The van der Waals surface area contributed by atoms with Crippen molar-refractivity contribution in [2.24, 2.45) is 0 Å². The predicted molar refractivity (Wildman–Crippen MR) is 86.9 cm³/mol. The Bertz CT molecular complexity index is 492. The highest BCUT2D eigenvalue weighted by atomic mass is 16.5. The van der Waals surface area contributed by atoms with Crippen LogP contribution in [0.3, 0.4) is 0 Å². The van der Waals surface area contributed by atoms with Crippen LogP contribution in [0.5, 0.6) is 0 Å². The third-order valence-corrected chi connectivity index (χ3v) is 4.64. The number of rotatable bonds is 4. The molecule has 1 amide bonds. The number of amides is 1. The van der Waals surface area contributed by atoms with Crippen LogP contribution in [0, 0.1) is 0 Å². The van der Waals surface area contributed by atoms with Crippen LogP contribution in [0.25, 0.3) is 0 Å². The first-order valence-corrected chi connectivity index (χ1v) is 8.51. The highest BCUT2D eigenvalue weighted by Crippen LogP contribution is 2.18. The second-order valence-electron chi connectivity index (χ2n) is 6.40. The van der Waals surface area contributed by atoms with E-state index in [1.54, 1.807) is 0 Å². The first-order chi connectivity index (χ1) is 10.8. The highest BCUT2D eigenvalue weighted by Gasteiger charge is 2.17. The fourth-order valence-electron chi connectivity index (χ4n) is 3.34. The van der Waals surface area contributed by atoms with E-state index < -0.39 is 0 Å². The SMILES string of the molecule is O=C(NC1CCCCC1)c1cccc(CN2CCOCC2)c1. The fourth-order valence-corrected chi connectivity index (χ4v) is 3.34. The van der Waals surface area contributed by atoms with E-state index in [2.05, 4.69) is 16.3 Å². The van der Waals surface area contributed by atoms with Crippen molar-refractivity contribution in [2.75, 3.05) is 26.3 Å². The van der Waals surface area contributed by atoms with Crippen LogP contribution in [0.4, 0.5) is 0 Å². The van der Waals surface area contributed by atoms with Crippen LogP contribution in [-0.4, -0.2) is 43.2 Å². The van der Waals surface area contributed by atoms with E-state index in [4.69, 9.17) is 4.74 Å². The van der Waals surface area contributed by atoms with Gasteiger partial charge in [0.25, 0.3) is 5.91 Å². The van der Waals surface area contributed by atoms with Crippen LogP contribution >= 0.6 is 0 Å². The molecule has 0 bridgehead atoms. The van der Waals surface area contributed by atoms with Crippen molar-refractivity contribution in [2.45, 2.75) is 44.7 Å². The van der Waals surface area contributed by atoms with Gasteiger partial charge in [-0.15, -0.1) is 0 Å². The van der Waals surface area contributed by atoms with Gasteiger partial charge in [-0.3, -0.25) is 9.69 Å². The van der Waals surface area contributed by atoms with Crippen molar-refractivity contribution in [3.05, 3.63) is 35.4 Å². The summed E-state index contributed by atoms with van der Waals surface area (Å²) < 4.78 is 5.38. The molecule has 1 aliphatic heterocycles. The molecule has 1 saturated heterocycles. The summed E-state index contributed by atoms with van der Waals surface area (Å²) in [5.74, 6) is 0.0794. The molecule has 1 heterocycles. The van der Waals surface area contributed by atoms with Gasteiger partial charge in [0.05, 0.1) is 13.2 Å². The zero-order chi connectivity index (χ0) is 15.2. The lowest BCUT2D eigenvalue weighted by Gasteiger charge is -2.26. The molecule has 4 heteroatoms. The van der Waals surface area contributed by atoms with E-state index in [1.165, 1.54) is 24.8 Å². The minimum absolute atomic E-state index is 0.0794. The first kappa shape index (κ1) is 15.5. The summed E-state index contributed by atoms with van der Waals surface area (Å²) in [4.78, 5) is 14.8. The van der Waals surface area contributed by atoms with Gasteiger partial charge >= 0.3 is 0 Å². The number of nitrogens with one attached hydrogen (secondary N) is 1. The highest BCUT2D eigenvalue weighted by molar-refractivity contribution is 5.94. The molecular weight excluding hydrogens is 276 g/mol. The number of hydrogen-bond acceptors (Lipinski definition) is 3. The van der Waals surface area contributed by atoms with Crippen molar-refractivity contribution in [3.63, 3.8) is 0 Å². The molecule has 1 aliphatic carbocycles. The number of carbonyl (C=O) groups excluding carboxylic acids is 1. The molecule has 0 aromatic heterocycles. The summed E-state index contributed by atoms with van der Waals surface area (Å²) in [6.07, 6.45) is 6.03. The molecule has 3 rings (SSSR count). The quantitative estimate of drug-likeness (QED) is 0.929. The number of ether oxygens (including phenoxy) is 1. The second-order valence-corrected chi connectivity index (χ2v) is 6.40. The number of hydrogen-bond donors (Lipinski definition) is 1. The third-order valence-electron chi connectivity index (χ3n) is 4.64. The monoisotopic (exact) mass is 302 g/mol. The molecule has 0 spiro atoms. The standard InChI is InChI=1S/C18H26N2O2/c21-18(19-17-7-2-1-3-8-17)16-6-4-5-15(13-16)14-20-9-11-22-12-10-20/h4-6,13,17H,1-3,7-12,14H2,(H,19,21). The summed E-state index contributed by atoms with van der Waals surface area (Å²) in [6, 6.07) is 8.41. The lowest BCUT2D eigenvalue weighted by atomic mass is 9.95. The molecule has 1 saturated carbocycles. The van der Waals surface area contributed by atoms with Crippen molar-refractivity contribution in [3.8, 4) is 0 Å². The van der Waals surface area contributed by atoms with Crippen molar-refractivity contribution < 1.29 is 9.53 Å².